The molecule has 0 amide bonds. The van der Waals surface area contributed by atoms with Crippen molar-refractivity contribution in [3.63, 3.8) is 0 Å². The van der Waals surface area contributed by atoms with Gasteiger partial charge in [-0.1, -0.05) is 24.3 Å². The molecule has 4 aromatic carbocycles. The van der Waals surface area contributed by atoms with E-state index >= 15 is 0 Å². The topological polar surface area (TPSA) is 59.3 Å². The lowest BCUT2D eigenvalue weighted by Crippen LogP contribution is -2.03. The number of rotatable bonds is 9. The summed E-state index contributed by atoms with van der Waals surface area (Å²) in [6, 6.07) is 26.6. The zero-order chi connectivity index (χ0) is 25.9. The van der Waals surface area contributed by atoms with Crippen LogP contribution in [0.1, 0.15) is 51.6 Å². The first-order chi connectivity index (χ1) is 18.0. The average Bonchev–Trinajstić information content (AvgIpc) is 3.24. The smallest absolute Gasteiger partial charge is 0.193 e. The largest absolute Gasteiger partial charge is 0.508 e. The van der Waals surface area contributed by atoms with Crippen LogP contribution >= 0.6 is 11.8 Å². The quantitative estimate of drug-likeness (QED) is 0.126. The van der Waals surface area contributed by atoms with E-state index in [2.05, 4.69) is 11.5 Å². The maximum atomic E-state index is 13.3. The van der Waals surface area contributed by atoms with Crippen molar-refractivity contribution < 1.29 is 14.7 Å². The summed E-state index contributed by atoms with van der Waals surface area (Å²) in [7, 11) is 0. The van der Waals surface area contributed by atoms with Crippen LogP contribution in [-0.4, -0.2) is 27.0 Å². The molecule has 0 unspecified atom stereocenters. The number of phenolic OH excluding ortho intramolecular Hbond substituents is 1. The van der Waals surface area contributed by atoms with Gasteiger partial charge in [-0.3, -0.25) is 9.59 Å². The van der Waals surface area contributed by atoms with Crippen molar-refractivity contribution in [1.82, 2.24) is 4.57 Å². The number of thioether (sulfide) groups is 1. The molecule has 0 spiro atoms. The molecule has 5 aromatic rings. The number of aromatic nitrogens is 1. The number of fused-ring (bicyclic) bond motifs is 3. The van der Waals surface area contributed by atoms with Crippen LogP contribution < -0.4 is 0 Å². The summed E-state index contributed by atoms with van der Waals surface area (Å²) >= 11 is 1.68. The molecular weight excluding hydrogens is 478 g/mol. The van der Waals surface area contributed by atoms with Gasteiger partial charge in [0.1, 0.15) is 5.75 Å². The number of benzene rings is 4. The lowest BCUT2D eigenvalue weighted by atomic mass is 9.97. The lowest BCUT2D eigenvalue weighted by molar-refractivity contribution is 0.0981. The van der Waals surface area contributed by atoms with E-state index in [0.717, 1.165) is 51.0 Å². The molecule has 5 rings (SSSR count). The highest BCUT2D eigenvalue weighted by atomic mass is 32.2. The highest BCUT2D eigenvalue weighted by Gasteiger charge is 2.17. The SMILES string of the molecule is CCn1c2ccc(C(=O)CCCSc3ccc(O)cc3)cc2c2cc(C(=O)c3ccccc3C)ccc21. The first kappa shape index (κ1) is 24.8. The first-order valence-electron chi connectivity index (χ1n) is 12.6. The van der Waals surface area contributed by atoms with Gasteiger partial charge >= 0.3 is 0 Å². The fourth-order valence-electron chi connectivity index (χ4n) is 4.85. The molecule has 0 saturated carbocycles. The van der Waals surface area contributed by atoms with Gasteiger partial charge < -0.3 is 9.67 Å². The Morgan fingerprint density at radius 2 is 1.49 bits per heavy atom. The van der Waals surface area contributed by atoms with Gasteiger partial charge in [-0.2, -0.15) is 0 Å². The highest BCUT2D eigenvalue weighted by molar-refractivity contribution is 7.99. The molecule has 5 heteroatoms. The Bertz CT molecular complexity index is 1620. The van der Waals surface area contributed by atoms with Crippen LogP contribution in [0.3, 0.4) is 0 Å². The van der Waals surface area contributed by atoms with E-state index in [1.807, 2.05) is 79.7 Å². The monoisotopic (exact) mass is 507 g/mol. The number of nitrogens with zero attached hydrogens (tertiary/aromatic N) is 1. The zero-order valence-corrected chi connectivity index (χ0v) is 21.8. The molecule has 0 saturated heterocycles. The van der Waals surface area contributed by atoms with Gasteiger partial charge in [0.2, 0.25) is 0 Å². The molecule has 0 fully saturated rings. The molecule has 0 atom stereocenters. The summed E-state index contributed by atoms with van der Waals surface area (Å²) in [5.74, 6) is 1.22. The molecule has 0 aliphatic carbocycles. The van der Waals surface area contributed by atoms with E-state index < -0.39 is 0 Å². The maximum Gasteiger partial charge on any atom is 0.193 e. The van der Waals surface area contributed by atoms with Crippen LogP contribution in [0.5, 0.6) is 5.75 Å². The summed E-state index contributed by atoms with van der Waals surface area (Å²) < 4.78 is 2.23. The van der Waals surface area contributed by atoms with Crippen molar-refractivity contribution in [2.75, 3.05) is 5.75 Å². The van der Waals surface area contributed by atoms with Crippen molar-refractivity contribution in [3.05, 3.63) is 107 Å². The van der Waals surface area contributed by atoms with E-state index in [9.17, 15) is 14.7 Å². The van der Waals surface area contributed by atoms with Gasteiger partial charge in [0.05, 0.1) is 0 Å². The van der Waals surface area contributed by atoms with Crippen molar-refractivity contribution in [3.8, 4) is 5.75 Å². The number of carbonyl (C=O) groups excluding carboxylic acids is 2. The fraction of sp³-hybridized carbons (Fsp3) is 0.188. The minimum Gasteiger partial charge on any atom is -0.508 e. The second kappa shape index (κ2) is 10.7. The molecule has 0 aliphatic heterocycles. The molecule has 0 radical (unpaired) electrons. The number of aromatic hydroxyl groups is 1. The Morgan fingerprint density at radius 1 is 0.838 bits per heavy atom. The minimum absolute atomic E-state index is 0.00996. The summed E-state index contributed by atoms with van der Waals surface area (Å²) in [4.78, 5) is 27.4. The number of Topliss-reactive ketones (excluding diaryl/α,β-unsaturated/α-hetero) is 1. The van der Waals surface area contributed by atoms with Crippen molar-refractivity contribution in [1.29, 1.82) is 0 Å². The van der Waals surface area contributed by atoms with Gasteiger partial charge in [-0.15, -0.1) is 11.8 Å². The van der Waals surface area contributed by atoms with E-state index in [0.29, 0.717) is 23.1 Å². The van der Waals surface area contributed by atoms with Crippen molar-refractivity contribution >= 4 is 45.1 Å². The minimum atomic E-state index is 0.00996. The third-order valence-corrected chi connectivity index (χ3v) is 7.91. The van der Waals surface area contributed by atoms with Crippen LogP contribution in [0.25, 0.3) is 21.8 Å². The van der Waals surface area contributed by atoms with Crippen LogP contribution in [0.2, 0.25) is 0 Å². The Labute approximate surface area is 220 Å². The van der Waals surface area contributed by atoms with Crippen LogP contribution in [-0.2, 0) is 6.54 Å². The molecule has 1 N–H and O–H groups in total. The summed E-state index contributed by atoms with van der Waals surface area (Å²) in [6.45, 7) is 4.86. The standard InChI is InChI=1S/C32H29NO3S/c1-3-33-29-16-10-22(31(35)9-6-18-37-25-14-12-24(34)13-15-25)19-27(29)28-20-23(11-17-30(28)33)32(36)26-8-5-4-7-21(26)2/h4-5,7-8,10-17,19-20,34H,3,6,9,18H2,1-2H3. The lowest BCUT2D eigenvalue weighted by Gasteiger charge is -2.06. The van der Waals surface area contributed by atoms with Gasteiger partial charge in [0.25, 0.3) is 0 Å². The molecule has 37 heavy (non-hydrogen) atoms. The number of ketones is 2. The molecule has 4 nitrogen and oxygen atoms in total. The molecule has 186 valence electrons. The predicted molar refractivity (Wildman–Crippen MR) is 152 cm³/mol. The van der Waals surface area contributed by atoms with Crippen molar-refractivity contribution in [2.24, 2.45) is 0 Å². The predicted octanol–water partition coefficient (Wildman–Crippen LogP) is 7.81. The Balaban J connectivity index is 1.40. The summed E-state index contributed by atoms with van der Waals surface area (Å²) in [6.07, 6.45) is 1.24. The van der Waals surface area contributed by atoms with Gasteiger partial charge in [0.15, 0.2) is 11.6 Å². The maximum absolute atomic E-state index is 13.3. The Kier molecular flexibility index (Phi) is 7.15. The third-order valence-electron chi connectivity index (χ3n) is 6.81. The van der Waals surface area contributed by atoms with E-state index in [1.165, 1.54) is 0 Å². The summed E-state index contributed by atoms with van der Waals surface area (Å²) in [5.41, 5.74) is 5.15. The molecular formula is C32H29NO3S. The zero-order valence-electron chi connectivity index (χ0n) is 21.0. The van der Waals surface area contributed by atoms with Crippen LogP contribution in [0.4, 0.5) is 0 Å². The molecule has 1 aromatic heterocycles. The number of carbonyl (C=O) groups is 2. The van der Waals surface area contributed by atoms with Gasteiger partial charge in [0, 0.05) is 56.4 Å². The number of hydrogen-bond donors (Lipinski definition) is 1. The van der Waals surface area contributed by atoms with E-state index in [-0.39, 0.29) is 17.3 Å². The first-order valence-corrected chi connectivity index (χ1v) is 13.6. The van der Waals surface area contributed by atoms with E-state index in [4.69, 9.17) is 0 Å². The van der Waals surface area contributed by atoms with Crippen LogP contribution in [0.15, 0.2) is 89.8 Å². The fourth-order valence-corrected chi connectivity index (χ4v) is 5.70. The van der Waals surface area contributed by atoms with Gasteiger partial charge in [-0.05, 0) is 92.2 Å². The third kappa shape index (κ3) is 5.05. The Hall–Kier alpha value is -3.83. The van der Waals surface area contributed by atoms with Gasteiger partial charge in [-0.25, -0.2) is 0 Å². The molecule has 0 bridgehead atoms. The second-order valence-corrected chi connectivity index (χ2v) is 10.4. The second-order valence-electron chi connectivity index (χ2n) is 9.22. The van der Waals surface area contributed by atoms with E-state index in [1.54, 1.807) is 23.9 Å². The highest BCUT2D eigenvalue weighted by Crippen LogP contribution is 2.32. The normalized spacial score (nSPS) is 11.3. The summed E-state index contributed by atoms with van der Waals surface area (Å²) in [5, 5.41) is 11.4. The van der Waals surface area contributed by atoms with Crippen molar-refractivity contribution in [2.45, 2.75) is 38.1 Å². The number of aryl methyl sites for hydroxylation is 2. The average molecular weight is 508 g/mol. The molecule has 0 aliphatic rings. The number of phenols is 1. The number of hydrogen-bond acceptors (Lipinski definition) is 4. The Morgan fingerprint density at radius 3 is 2.16 bits per heavy atom. The van der Waals surface area contributed by atoms with Crippen LogP contribution in [0, 0.1) is 6.92 Å². The molecule has 1 heterocycles.